The second kappa shape index (κ2) is 37.4. The number of rotatable bonds is 39. The number of amides is 3. The predicted octanol–water partition coefficient (Wildman–Crippen LogP) is 5.38. The Morgan fingerprint density at radius 2 is 1.00 bits per heavy atom. The van der Waals surface area contributed by atoms with Gasteiger partial charge in [0, 0.05) is 32.4 Å². The Morgan fingerprint density at radius 1 is 0.542 bits per heavy atom. The zero-order valence-electron chi connectivity index (χ0n) is 36.9. The maximum atomic E-state index is 12.9. The molecule has 0 rings (SSSR count). The summed E-state index contributed by atoms with van der Waals surface area (Å²) in [5.74, 6) is -1.59. The van der Waals surface area contributed by atoms with Crippen molar-refractivity contribution >= 4 is 35.6 Å². The number of nitrogens with one attached hydrogen (secondary N) is 3. The molecule has 0 heterocycles. The van der Waals surface area contributed by atoms with E-state index in [1.807, 2.05) is 0 Å². The molecular formula is C43H77N3O13. The Kier molecular flexibility index (Phi) is 35.1. The lowest BCUT2D eigenvalue weighted by Crippen LogP contribution is -2.44. The molecule has 1 atom stereocenters. The third kappa shape index (κ3) is 39.6. The first kappa shape index (κ1) is 55.4. The van der Waals surface area contributed by atoms with Gasteiger partial charge >= 0.3 is 17.9 Å². The largest absolute Gasteiger partial charge is 0.467 e. The highest BCUT2D eigenvalue weighted by Crippen LogP contribution is 2.15. The summed E-state index contributed by atoms with van der Waals surface area (Å²) >= 11 is 0. The van der Waals surface area contributed by atoms with Gasteiger partial charge in [0.05, 0.1) is 52.5 Å². The van der Waals surface area contributed by atoms with Crippen molar-refractivity contribution in [3.8, 4) is 0 Å². The SMILES string of the molecule is C=C(C)OC(=O)CCCCCCCCCCCCCCCCC(=O)N[C@@H](CCC(=O)NCCOCCOCC(=O)NCCOCCOCC(=O)OC)C(=O)OC(C)(C)C. The van der Waals surface area contributed by atoms with Gasteiger partial charge in [-0.2, -0.15) is 0 Å². The molecule has 16 heteroatoms. The first-order valence-corrected chi connectivity index (χ1v) is 21.5. The van der Waals surface area contributed by atoms with Crippen molar-refractivity contribution in [3.63, 3.8) is 0 Å². The van der Waals surface area contributed by atoms with E-state index >= 15 is 0 Å². The van der Waals surface area contributed by atoms with Gasteiger partial charge in [-0.15, -0.1) is 0 Å². The average molecular weight is 844 g/mol. The summed E-state index contributed by atoms with van der Waals surface area (Å²) in [6.07, 6.45) is 16.5. The van der Waals surface area contributed by atoms with Gasteiger partial charge in [0.1, 0.15) is 24.9 Å². The number of hydrogen-bond acceptors (Lipinski definition) is 13. The van der Waals surface area contributed by atoms with E-state index in [-0.39, 0.29) is 95.9 Å². The van der Waals surface area contributed by atoms with E-state index in [4.69, 9.17) is 28.4 Å². The van der Waals surface area contributed by atoms with Crippen molar-refractivity contribution in [3.05, 3.63) is 12.3 Å². The van der Waals surface area contributed by atoms with E-state index in [0.29, 0.717) is 25.1 Å². The van der Waals surface area contributed by atoms with Crippen LogP contribution in [0.4, 0.5) is 0 Å². The zero-order chi connectivity index (χ0) is 44.0. The molecule has 0 aliphatic heterocycles. The van der Waals surface area contributed by atoms with Crippen LogP contribution in [0.25, 0.3) is 0 Å². The smallest absolute Gasteiger partial charge is 0.331 e. The van der Waals surface area contributed by atoms with Crippen LogP contribution < -0.4 is 16.0 Å². The fourth-order valence-electron chi connectivity index (χ4n) is 5.57. The van der Waals surface area contributed by atoms with Gasteiger partial charge in [0.15, 0.2) is 0 Å². The highest BCUT2D eigenvalue weighted by atomic mass is 16.6. The van der Waals surface area contributed by atoms with Crippen molar-refractivity contribution in [2.45, 2.75) is 155 Å². The maximum Gasteiger partial charge on any atom is 0.331 e. The molecular weight excluding hydrogens is 766 g/mol. The van der Waals surface area contributed by atoms with Gasteiger partial charge in [-0.3, -0.25) is 19.2 Å². The normalized spacial score (nSPS) is 11.7. The molecule has 3 amide bonds. The van der Waals surface area contributed by atoms with Crippen molar-refractivity contribution in [1.29, 1.82) is 0 Å². The summed E-state index contributed by atoms with van der Waals surface area (Å²) < 4.78 is 36.0. The molecule has 0 aliphatic rings. The summed E-state index contributed by atoms with van der Waals surface area (Å²) in [6.45, 7) is 12.2. The van der Waals surface area contributed by atoms with Crippen LogP contribution in [-0.2, 0) is 61.9 Å². The van der Waals surface area contributed by atoms with E-state index in [1.165, 1.54) is 52.1 Å². The summed E-state index contributed by atoms with van der Waals surface area (Å²) in [5, 5.41) is 8.18. The van der Waals surface area contributed by atoms with Crippen LogP contribution in [0, 0.1) is 0 Å². The number of carbonyl (C=O) groups excluding carboxylic acids is 6. The minimum Gasteiger partial charge on any atom is -0.467 e. The second-order valence-electron chi connectivity index (χ2n) is 15.4. The molecule has 0 aliphatic carbocycles. The molecule has 0 aromatic heterocycles. The van der Waals surface area contributed by atoms with Crippen molar-refractivity contribution in [2.24, 2.45) is 0 Å². The molecule has 0 fully saturated rings. The molecule has 0 aromatic carbocycles. The molecule has 0 aromatic rings. The van der Waals surface area contributed by atoms with Crippen molar-refractivity contribution < 1.29 is 61.9 Å². The van der Waals surface area contributed by atoms with Crippen molar-refractivity contribution in [2.75, 3.05) is 73.1 Å². The number of esters is 3. The van der Waals surface area contributed by atoms with E-state index in [9.17, 15) is 28.8 Å². The number of allylic oxidation sites excluding steroid dienone is 1. The fourth-order valence-corrected chi connectivity index (χ4v) is 5.57. The third-order valence-electron chi connectivity index (χ3n) is 8.57. The molecule has 16 nitrogen and oxygen atoms in total. The van der Waals surface area contributed by atoms with Crippen LogP contribution in [-0.4, -0.2) is 120 Å². The van der Waals surface area contributed by atoms with Crippen LogP contribution in [0.3, 0.4) is 0 Å². The fraction of sp³-hybridized carbons (Fsp3) is 0.814. The molecule has 342 valence electrons. The quantitative estimate of drug-likeness (QED) is 0.0308. The van der Waals surface area contributed by atoms with E-state index in [2.05, 4.69) is 27.3 Å². The number of carbonyl (C=O) groups is 6. The van der Waals surface area contributed by atoms with E-state index in [1.54, 1.807) is 27.7 Å². The van der Waals surface area contributed by atoms with E-state index < -0.39 is 23.6 Å². The van der Waals surface area contributed by atoms with Gasteiger partial charge in [-0.1, -0.05) is 83.6 Å². The van der Waals surface area contributed by atoms with Gasteiger partial charge in [0.2, 0.25) is 17.7 Å². The first-order valence-electron chi connectivity index (χ1n) is 21.5. The molecule has 0 radical (unpaired) electrons. The number of methoxy groups -OCH3 is 1. The molecule has 0 unspecified atom stereocenters. The summed E-state index contributed by atoms with van der Waals surface area (Å²) in [5.41, 5.74) is -0.738. The molecule has 0 saturated heterocycles. The predicted molar refractivity (Wildman–Crippen MR) is 223 cm³/mol. The van der Waals surface area contributed by atoms with Gasteiger partial charge in [-0.25, -0.2) is 9.59 Å². The maximum absolute atomic E-state index is 12.9. The van der Waals surface area contributed by atoms with Crippen LogP contribution >= 0.6 is 0 Å². The van der Waals surface area contributed by atoms with Crippen LogP contribution in [0.15, 0.2) is 12.3 Å². The number of hydrogen-bond donors (Lipinski definition) is 3. The minimum absolute atomic E-state index is 0.0203. The second-order valence-corrected chi connectivity index (χ2v) is 15.4. The Hall–Kier alpha value is -3.60. The molecule has 3 N–H and O–H groups in total. The lowest BCUT2D eigenvalue weighted by Gasteiger charge is -2.24. The molecule has 0 saturated carbocycles. The minimum atomic E-state index is -0.929. The average Bonchev–Trinajstić information content (AvgIpc) is 3.17. The van der Waals surface area contributed by atoms with Gasteiger partial charge in [-0.05, 0) is 47.0 Å². The van der Waals surface area contributed by atoms with Crippen LogP contribution in [0.1, 0.15) is 143 Å². The van der Waals surface area contributed by atoms with Gasteiger partial charge in [0.25, 0.3) is 0 Å². The monoisotopic (exact) mass is 844 g/mol. The topological polar surface area (TPSA) is 203 Å². The summed E-state index contributed by atoms with van der Waals surface area (Å²) in [7, 11) is 1.28. The highest BCUT2D eigenvalue weighted by Gasteiger charge is 2.27. The van der Waals surface area contributed by atoms with Crippen LogP contribution in [0.2, 0.25) is 0 Å². The lowest BCUT2D eigenvalue weighted by atomic mass is 10.0. The zero-order valence-corrected chi connectivity index (χ0v) is 36.9. The molecule has 0 bridgehead atoms. The Balaban J connectivity index is 4.00. The lowest BCUT2D eigenvalue weighted by molar-refractivity contribution is -0.159. The Bertz CT molecular complexity index is 1180. The molecule has 59 heavy (non-hydrogen) atoms. The summed E-state index contributed by atoms with van der Waals surface area (Å²) in [6, 6.07) is -0.929. The third-order valence-corrected chi connectivity index (χ3v) is 8.57. The van der Waals surface area contributed by atoms with Crippen LogP contribution in [0.5, 0.6) is 0 Å². The Morgan fingerprint density at radius 3 is 1.49 bits per heavy atom. The number of ether oxygens (including phenoxy) is 7. The van der Waals surface area contributed by atoms with E-state index in [0.717, 1.165) is 44.9 Å². The number of unbranched alkanes of at least 4 members (excludes halogenated alkanes) is 13. The highest BCUT2D eigenvalue weighted by molar-refractivity contribution is 5.85. The standard InChI is InChI=1S/C43H77N3O13/c1-35(2)58-40(50)22-20-18-16-14-12-10-8-7-9-11-13-15-17-19-21-38(48)46-36(42(52)59-43(3,4)5)23-24-37(47)44-25-27-54-29-31-56-33-39(49)45-26-28-55-30-32-57-34-41(51)53-6/h36H,1,7-34H2,2-6H3,(H,44,47)(H,45,49)(H,46,48)/t36-/m0/s1. The van der Waals surface area contributed by atoms with Crippen molar-refractivity contribution in [1.82, 2.24) is 16.0 Å². The Labute approximate surface area is 353 Å². The summed E-state index contributed by atoms with van der Waals surface area (Å²) in [4.78, 5) is 72.3. The molecule has 0 spiro atoms. The first-order chi connectivity index (χ1) is 28.2. The van der Waals surface area contributed by atoms with Gasteiger partial charge < -0.3 is 49.1 Å².